The standard InChI is InChI=1S/C20H17N3O3/c1-21-12-13-9-10-16(15-7-4-3-6-14(13)15)19(24)23-17-8-5-11-22-18(17)20(25)26-2/h3-11H,1,12H2,2H3,(H,23,24). The summed E-state index contributed by atoms with van der Waals surface area (Å²) in [7, 11) is 1.27. The van der Waals surface area contributed by atoms with E-state index in [1.165, 1.54) is 13.3 Å². The second-order valence-corrected chi connectivity index (χ2v) is 5.54. The van der Waals surface area contributed by atoms with Gasteiger partial charge in [0.15, 0.2) is 5.69 Å². The maximum atomic E-state index is 12.8. The lowest BCUT2D eigenvalue weighted by molar-refractivity contribution is 0.0595. The number of pyridine rings is 1. The number of amides is 1. The van der Waals surface area contributed by atoms with E-state index in [1.807, 2.05) is 30.3 Å². The average Bonchev–Trinajstić information content (AvgIpc) is 2.68. The van der Waals surface area contributed by atoms with E-state index < -0.39 is 5.97 Å². The molecule has 2 aromatic carbocycles. The van der Waals surface area contributed by atoms with Crippen molar-refractivity contribution >= 4 is 35.1 Å². The van der Waals surface area contributed by atoms with Crippen LogP contribution in [0, 0.1) is 0 Å². The zero-order chi connectivity index (χ0) is 18.5. The molecule has 6 nitrogen and oxygen atoms in total. The molecule has 130 valence electrons. The number of esters is 1. The number of benzene rings is 2. The van der Waals surface area contributed by atoms with Crippen LogP contribution in [0.5, 0.6) is 0 Å². The maximum absolute atomic E-state index is 12.8. The molecule has 0 aliphatic carbocycles. The van der Waals surface area contributed by atoms with Crippen LogP contribution in [-0.2, 0) is 11.3 Å². The molecule has 0 aliphatic heterocycles. The third kappa shape index (κ3) is 3.30. The van der Waals surface area contributed by atoms with Crippen LogP contribution >= 0.6 is 0 Å². The molecule has 3 rings (SSSR count). The Kier molecular flexibility index (Phi) is 5.03. The fourth-order valence-corrected chi connectivity index (χ4v) is 2.77. The Morgan fingerprint density at radius 2 is 1.88 bits per heavy atom. The van der Waals surface area contributed by atoms with Gasteiger partial charge in [0.05, 0.1) is 19.3 Å². The Morgan fingerprint density at radius 3 is 2.62 bits per heavy atom. The van der Waals surface area contributed by atoms with Crippen molar-refractivity contribution in [1.29, 1.82) is 0 Å². The summed E-state index contributed by atoms with van der Waals surface area (Å²) in [5.41, 5.74) is 1.84. The highest BCUT2D eigenvalue weighted by Crippen LogP contribution is 2.25. The topological polar surface area (TPSA) is 80.7 Å². The molecule has 3 aromatic rings. The van der Waals surface area contributed by atoms with Gasteiger partial charge in [0.25, 0.3) is 5.91 Å². The molecule has 0 saturated heterocycles. The van der Waals surface area contributed by atoms with Crippen molar-refractivity contribution in [3.05, 3.63) is 71.5 Å². The number of nitrogens with zero attached hydrogens (tertiary/aromatic N) is 2. The number of methoxy groups -OCH3 is 1. The summed E-state index contributed by atoms with van der Waals surface area (Å²) in [5.74, 6) is -0.948. The number of aromatic nitrogens is 1. The van der Waals surface area contributed by atoms with E-state index in [1.54, 1.807) is 18.2 Å². The summed E-state index contributed by atoms with van der Waals surface area (Å²) in [5, 5.41) is 4.49. The Balaban J connectivity index is 2.01. The zero-order valence-corrected chi connectivity index (χ0v) is 14.2. The number of rotatable bonds is 5. The van der Waals surface area contributed by atoms with Crippen LogP contribution in [0.15, 0.2) is 59.7 Å². The highest BCUT2D eigenvalue weighted by Gasteiger charge is 2.17. The number of aliphatic imine (C=N–C) groups is 1. The summed E-state index contributed by atoms with van der Waals surface area (Å²) in [6, 6.07) is 14.4. The average molecular weight is 347 g/mol. The quantitative estimate of drug-likeness (QED) is 0.566. The van der Waals surface area contributed by atoms with Gasteiger partial charge in [-0.2, -0.15) is 0 Å². The molecule has 26 heavy (non-hydrogen) atoms. The molecule has 0 bridgehead atoms. The molecular weight excluding hydrogens is 330 g/mol. The minimum absolute atomic E-state index is 0.0557. The van der Waals surface area contributed by atoms with Crippen LogP contribution in [0.1, 0.15) is 26.4 Å². The SMILES string of the molecule is C=NCc1ccc(C(=O)Nc2cccnc2C(=O)OC)c2ccccc12. The largest absolute Gasteiger partial charge is 0.464 e. The monoisotopic (exact) mass is 347 g/mol. The number of anilines is 1. The first-order valence-corrected chi connectivity index (χ1v) is 7.93. The first kappa shape index (κ1) is 17.3. The third-order valence-electron chi connectivity index (χ3n) is 3.98. The van der Waals surface area contributed by atoms with E-state index in [-0.39, 0.29) is 11.6 Å². The summed E-state index contributed by atoms with van der Waals surface area (Å²) < 4.78 is 4.71. The number of nitrogens with one attached hydrogen (secondary N) is 1. The van der Waals surface area contributed by atoms with Crippen molar-refractivity contribution in [3.8, 4) is 0 Å². The normalized spacial score (nSPS) is 10.3. The van der Waals surface area contributed by atoms with Crippen molar-refractivity contribution in [3.63, 3.8) is 0 Å². The Hall–Kier alpha value is -3.54. The van der Waals surface area contributed by atoms with Crippen LogP contribution < -0.4 is 5.32 Å². The van der Waals surface area contributed by atoms with Gasteiger partial charge >= 0.3 is 5.97 Å². The third-order valence-corrected chi connectivity index (χ3v) is 3.98. The first-order chi connectivity index (χ1) is 12.7. The molecule has 1 heterocycles. The molecule has 1 amide bonds. The summed E-state index contributed by atoms with van der Waals surface area (Å²) >= 11 is 0. The minimum Gasteiger partial charge on any atom is -0.464 e. The maximum Gasteiger partial charge on any atom is 0.358 e. The first-order valence-electron chi connectivity index (χ1n) is 7.93. The van der Waals surface area contributed by atoms with Gasteiger partial charge in [0.2, 0.25) is 0 Å². The molecule has 0 unspecified atom stereocenters. The minimum atomic E-state index is -0.613. The zero-order valence-electron chi connectivity index (χ0n) is 14.2. The summed E-state index contributed by atoms with van der Waals surface area (Å²) in [6.07, 6.45) is 1.47. The van der Waals surface area contributed by atoms with Gasteiger partial charge in [-0.15, -0.1) is 0 Å². The van der Waals surface area contributed by atoms with E-state index in [4.69, 9.17) is 4.74 Å². The van der Waals surface area contributed by atoms with Gasteiger partial charge in [0.1, 0.15) is 0 Å². The second kappa shape index (κ2) is 7.57. The van der Waals surface area contributed by atoms with Crippen molar-refractivity contribution in [2.24, 2.45) is 4.99 Å². The predicted octanol–water partition coefficient (Wildman–Crippen LogP) is 3.47. The van der Waals surface area contributed by atoms with Crippen molar-refractivity contribution < 1.29 is 14.3 Å². The lowest BCUT2D eigenvalue weighted by Crippen LogP contribution is -2.17. The van der Waals surface area contributed by atoms with Gasteiger partial charge < -0.3 is 10.1 Å². The molecular formula is C20H17N3O3. The number of carbonyl (C=O) groups is 2. The fourth-order valence-electron chi connectivity index (χ4n) is 2.77. The molecule has 0 spiro atoms. The fraction of sp³-hybridized carbons (Fsp3) is 0.100. The number of hydrogen-bond donors (Lipinski definition) is 1. The lowest BCUT2D eigenvalue weighted by Gasteiger charge is -2.12. The van der Waals surface area contributed by atoms with Crippen molar-refractivity contribution in [2.75, 3.05) is 12.4 Å². The molecule has 0 saturated carbocycles. The van der Waals surface area contributed by atoms with Crippen LogP contribution in [0.25, 0.3) is 10.8 Å². The summed E-state index contributed by atoms with van der Waals surface area (Å²) in [6.45, 7) is 4.00. The molecule has 0 atom stereocenters. The molecule has 0 radical (unpaired) electrons. The van der Waals surface area contributed by atoms with E-state index in [9.17, 15) is 9.59 Å². The number of ether oxygens (including phenoxy) is 1. The van der Waals surface area contributed by atoms with Gasteiger partial charge in [-0.3, -0.25) is 9.79 Å². The number of hydrogen-bond acceptors (Lipinski definition) is 5. The van der Waals surface area contributed by atoms with Crippen LogP contribution in [-0.4, -0.2) is 30.7 Å². The van der Waals surface area contributed by atoms with Crippen LogP contribution in [0.4, 0.5) is 5.69 Å². The summed E-state index contributed by atoms with van der Waals surface area (Å²) in [4.78, 5) is 32.6. The van der Waals surface area contributed by atoms with Crippen LogP contribution in [0.3, 0.4) is 0 Å². The number of carbonyl (C=O) groups excluding carboxylic acids is 2. The van der Waals surface area contributed by atoms with E-state index in [2.05, 4.69) is 22.0 Å². The van der Waals surface area contributed by atoms with E-state index >= 15 is 0 Å². The molecule has 1 N–H and O–H groups in total. The van der Waals surface area contributed by atoms with Gasteiger partial charge in [0, 0.05) is 11.8 Å². The lowest BCUT2D eigenvalue weighted by atomic mass is 9.99. The highest BCUT2D eigenvalue weighted by atomic mass is 16.5. The molecule has 1 aromatic heterocycles. The molecule has 0 fully saturated rings. The Morgan fingerprint density at radius 1 is 1.12 bits per heavy atom. The highest BCUT2D eigenvalue weighted by molar-refractivity contribution is 6.14. The predicted molar refractivity (Wildman–Crippen MR) is 101 cm³/mol. The van der Waals surface area contributed by atoms with Gasteiger partial charge in [-0.25, -0.2) is 9.78 Å². The van der Waals surface area contributed by atoms with Gasteiger partial charge in [-0.1, -0.05) is 30.3 Å². The van der Waals surface area contributed by atoms with E-state index in [0.717, 1.165) is 16.3 Å². The second-order valence-electron chi connectivity index (χ2n) is 5.54. The van der Waals surface area contributed by atoms with Crippen molar-refractivity contribution in [2.45, 2.75) is 6.54 Å². The van der Waals surface area contributed by atoms with Gasteiger partial charge in [-0.05, 0) is 41.3 Å². The Bertz CT molecular complexity index is 999. The van der Waals surface area contributed by atoms with E-state index in [0.29, 0.717) is 17.8 Å². The van der Waals surface area contributed by atoms with Crippen molar-refractivity contribution in [1.82, 2.24) is 4.98 Å². The smallest absolute Gasteiger partial charge is 0.358 e. The Labute approximate surface area is 150 Å². The molecule has 6 heteroatoms. The number of fused-ring (bicyclic) bond motifs is 1. The van der Waals surface area contributed by atoms with Crippen LogP contribution in [0.2, 0.25) is 0 Å². The molecule has 0 aliphatic rings.